The minimum atomic E-state index is -5.36. The molecule has 15 heteroatoms. The highest BCUT2D eigenvalue weighted by Crippen LogP contribution is 2.47. The van der Waals surface area contributed by atoms with Gasteiger partial charge in [-0.05, 0) is 24.3 Å². The van der Waals surface area contributed by atoms with Crippen LogP contribution in [0.4, 0.5) is 22.0 Å². The van der Waals surface area contributed by atoms with Crippen LogP contribution in [0.3, 0.4) is 0 Å². The van der Waals surface area contributed by atoms with E-state index in [4.69, 9.17) is 16.3 Å². The molecule has 0 bridgehead atoms. The number of hydrogen-bond acceptors (Lipinski definition) is 6. The van der Waals surface area contributed by atoms with Gasteiger partial charge in [0, 0.05) is 5.56 Å². The Labute approximate surface area is 232 Å². The average molecular weight is 601 g/mol. The van der Waals surface area contributed by atoms with Crippen molar-refractivity contribution in [1.29, 1.82) is 0 Å². The number of fused-ring (bicyclic) bond motifs is 1. The van der Waals surface area contributed by atoms with Crippen molar-refractivity contribution in [1.82, 2.24) is 10.2 Å². The second-order valence-corrected chi connectivity index (χ2v) is 9.17. The maximum absolute atomic E-state index is 15.0. The fourth-order valence-electron chi connectivity index (χ4n) is 4.73. The molecular weight excluding hydrogens is 583 g/mol. The number of hydrogen-bond donors (Lipinski definition) is 3. The topological polar surface area (TPSA) is 133 Å². The highest BCUT2D eigenvalue weighted by atomic mass is 35.5. The van der Waals surface area contributed by atoms with Crippen LogP contribution in [0, 0.1) is 5.82 Å². The average Bonchev–Trinajstić information content (AvgIpc) is 3.15. The van der Waals surface area contributed by atoms with Crippen LogP contribution >= 0.6 is 11.6 Å². The Bertz CT molecular complexity index is 1500. The first kappa shape index (κ1) is 29.7. The van der Waals surface area contributed by atoms with Crippen molar-refractivity contribution >= 4 is 35.4 Å². The minimum absolute atomic E-state index is 0.160. The second kappa shape index (κ2) is 11.3. The molecule has 216 valence electrons. The monoisotopic (exact) mass is 600 g/mol. The van der Waals surface area contributed by atoms with Gasteiger partial charge in [0.2, 0.25) is 0 Å². The van der Waals surface area contributed by atoms with E-state index in [2.05, 4.69) is 5.32 Å². The van der Waals surface area contributed by atoms with Crippen molar-refractivity contribution in [3.63, 3.8) is 0 Å². The number of imide groups is 1. The van der Waals surface area contributed by atoms with Crippen LogP contribution in [0.15, 0.2) is 58.9 Å². The minimum Gasteiger partial charge on any atom is -0.478 e. The largest absolute Gasteiger partial charge is 0.478 e. The molecule has 0 saturated carbocycles. The molecule has 0 aliphatic carbocycles. The maximum atomic E-state index is 15.0. The number of carboxylic acid groups (broad SMARTS) is 2. The van der Waals surface area contributed by atoms with Crippen LogP contribution in [0.1, 0.15) is 37.8 Å². The number of aliphatic carboxylic acids is 2. The molecular formula is C26H18ClF5N2O7. The number of nitrogens with zero attached hydrogens (tertiary/aromatic N) is 1. The van der Waals surface area contributed by atoms with Gasteiger partial charge in [0.15, 0.2) is 0 Å². The van der Waals surface area contributed by atoms with E-state index < -0.39 is 100 Å². The lowest BCUT2D eigenvalue weighted by molar-refractivity contribution is -0.139. The molecule has 2 aliphatic heterocycles. The number of dihydropyridines is 1. The van der Waals surface area contributed by atoms with E-state index in [1.165, 1.54) is 12.1 Å². The fraction of sp³-hybridized carbons (Fsp3) is 0.231. The molecule has 0 aromatic heterocycles. The second-order valence-electron chi connectivity index (χ2n) is 8.76. The number of amides is 2. The summed E-state index contributed by atoms with van der Waals surface area (Å²) in [7, 11) is 0. The zero-order valence-electron chi connectivity index (χ0n) is 20.5. The van der Waals surface area contributed by atoms with Crippen molar-refractivity contribution in [3.05, 3.63) is 92.0 Å². The van der Waals surface area contributed by atoms with Crippen LogP contribution < -0.4 is 5.32 Å². The molecule has 2 aromatic rings. The number of alkyl halides is 4. The van der Waals surface area contributed by atoms with Gasteiger partial charge < -0.3 is 20.3 Å². The Hall–Kier alpha value is -4.30. The van der Waals surface area contributed by atoms with E-state index in [0.717, 1.165) is 4.90 Å². The van der Waals surface area contributed by atoms with Crippen molar-refractivity contribution in [2.75, 3.05) is 26.4 Å². The Morgan fingerprint density at radius 3 is 2.05 bits per heavy atom. The van der Waals surface area contributed by atoms with E-state index in [0.29, 0.717) is 12.1 Å². The molecule has 0 fully saturated rings. The van der Waals surface area contributed by atoms with Gasteiger partial charge in [-0.25, -0.2) is 18.4 Å². The predicted molar refractivity (Wildman–Crippen MR) is 130 cm³/mol. The molecule has 4 rings (SSSR count). The van der Waals surface area contributed by atoms with Crippen molar-refractivity contribution in [3.8, 4) is 0 Å². The standard InChI is InChI=1S/C26H18ClF5N2O7/c27-13-5-6-14(29)17(21(13)26(30,31)32)20-18(24(37)38)15(9-28)33-16(19(20)25(39)40)10-41-8-7-34-22(35)11-3-1-2-4-12(11)23(34)36/h1-6,20,33H,7-10H2,(H,37,38)(H,39,40). The molecule has 3 N–H and O–H groups in total. The van der Waals surface area contributed by atoms with E-state index in [1.54, 1.807) is 12.1 Å². The lowest BCUT2D eigenvalue weighted by Crippen LogP contribution is -2.37. The zero-order chi connectivity index (χ0) is 30.2. The summed E-state index contributed by atoms with van der Waals surface area (Å²) in [5.74, 6) is -9.27. The number of halogens is 6. The Morgan fingerprint density at radius 2 is 1.54 bits per heavy atom. The molecule has 2 aromatic carbocycles. The zero-order valence-corrected chi connectivity index (χ0v) is 21.3. The summed E-state index contributed by atoms with van der Waals surface area (Å²) in [6, 6.07) is 7.08. The summed E-state index contributed by atoms with van der Waals surface area (Å²) in [5.41, 5.74) is -6.57. The Morgan fingerprint density at radius 1 is 0.976 bits per heavy atom. The number of carbonyl (C=O) groups excluding carboxylic acids is 2. The number of rotatable bonds is 9. The summed E-state index contributed by atoms with van der Waals surface area (Å²) >= 11 is 5.70. The van der Waals surface area contributed by atoms with Gasteiger partial charge in [-0.1, -0.05) is 23.7 Å². The quantitative estimate of drug-likeness (QED) is 0.222. The summed E-state index contributed by atoms with van der Waals surface area (Å²) in [5, 5.41) is 20.9. The lowest BCUT2D eigenvalue weighted by Gasteiger charge is -2.32. The number of ether oxygens (including phenoxy) is 1. The summed E-state index contributed by atoms with van der Waals surface area (Å²) in [6.07, 6.45) is -5.36. The van der Waals surface area contributed by atoms with Gasteiger partial charge in [-0.15, -0.1) is 0 Å². The van der Waals surface area contributed by atoms with Gasteiger partial charge in [-0.2, -0.15) is 13.2 Å². The molecule has 9 nitrogen and oxygen atoms in total. The van der Waals surface area contributed by atoms with E-state index in [9.17, 15) is 47.0 Å². The summed E-state index contributed by atoms with van der Waals surface area (Å²) in [4.78, 5) is 50.3. The number of nitrogens with one attached hydrogen (secondary N) is 1. The fourth-order valence-corrected chi connectivity index (χ4v) is 5.00. The molecule has 1 atom stereocenters. The Balaban J connectivity index is 1.71. The van der Waals surface area contributed by atoms with Crippen LogP contribution in [-0.2, 0) is 20.5 Å². The molecule has 2 amide bonds. The highest BCUT2D eigenvalue weighted by molar-refractivity contribution is 6.31. The van der Waals surface area contributed by atoms with Crippen LogP contribution in [0.2, 0.25) is 5.02 Å². The molecule has 0 radical (unpaired) electrons. The van der Waals surface area contributed by atoms with Crippen molar-refractivity contribution in [2.45, 2.75) is 12.1 Å². The van der Waals surface area contributed by atoms with E-state index >= 15 is 4.39 Å². The van der Waals surface area contributed by atoms with E-state index in [1.807, 2.05) is 0 Å². The molecule has 2 heterocycles. The first-order valence-corrected chi connectivity index (χ1v) is 12.0. The molecule has 41 heavy (non-hydrogen) atoms. The first-order valence-electron chi connectivity index (χ1n) is 11.6. The SMILES string of the molecule is O=C(O)C1=C(CF)NC(COCCN2C(=O)c3ccccc3C2=O)=C(C(=O)O)C1c1c(F)ccc(Cl)c1C(F)(F)F. The normalized spacial score (nSPS) is 17.2. The van der Waals surface area contributed by atoms with Gasteiger partial charge in [0.1, 0.15) is 12.5 Å². The maximum Gasteiger partial charge on any atom is 0.418 e. The van der Waals surface area contributed by atoms with Gasteiger partial charge >= 0.3 is 18.1 Å². The number of carboxylic acids is 2. The number of allylic oxidation sites excluding steroid dienone is 1. The Kier molecular flexibility index (Phi) is 8.17. The van der Waals surface area contributed by atoms with Gasteiger partial charge in [-0.3, -0.25) is 14.5 Å². The third-order valence-electron chi connectivity index (χ3n) is 6.42. The highest BCUT2D eigenvalue weighted by Gasteiger charge is 2.46. The van der Waals surface area contributed by atoms with Crippen LogP contribution in [-0.4, -0.2) is 65.3 Å². The van der Waals surface area contributed by atoms with Gasteiger partial charge in [0.05, 0.1) is 69.9 Å². The van der Waals surface area contributed by atoms with Crippen molar-refractivity contribution < 1.29 is 56.1 Å². The predicted octanol–water partition coefficient (Wildman–Crippen LogP) is 4.14. The first-order chi connectivity index (χ1) is 19.3. The molecule has 0 spiro atoms. The molecule has 0 saturated heterocycles. The molecule has 1 unspecified atom stereocenters. The van der Waals surface area contributed by atoms with Crippen LogP contribution in [0.5, 0.6) is 0 Å². The summed E-state index contributed by atoms with van der Waals surface area (Å²) < 4.78 is 76.3. The smallest absolute Gasteiger partial charge is 0.418 e. The third kappa shape index (κ3) is 5.39. The number of benzene rings is 2. The third-order valence-corrected chi connectivity index (χ3v) is 6.74. The van der Waals surface area contributed by atoms with E-state index in [-0.39, 0.29) is 17.7 Å². The van der Waals surface area contributed by atoms with Crippen LogP contribution in [0.25, 0.3) is 0 Å². The number of carbonyl (C=O) groups is 4. The molecule has 2 aliphatic rings. The van der Waals surface area contributed by atoms with Gasteiger partial charge in [0.25, 0.3) is 11.8 Å². The summed E-state index contributed by atoms with van der Waals surface area (Å²) in [6.45, 7) is -3.08. The van der Waals surface area contributed by atoms with Crippen molar-refractivity contribution in [2.24, 2.45) is 0 Å². The lowest BCUT2D eigenvalue weighted by atomic mass is 9.78.